The molecule has 1 saturated heterocycles. The Labute approximate surface area is 157 Å². The molecule has 0 bridgehead atoms. The van der Waals surface area contributed by atoms with Crippen molar-refractivity contribution in [3.8, 4) is 0 Å². The fraction of sp³-hybridized carbons (Fsp3) is 0.947. The first kappa shape index (κ1) is 22.8. The van der Waals surface area contributed by atoms with Gasteiger partial charge >= 0.3 is 0 Å². The molecule has 0 amide bonds. The second-order valence-electron chi connectivity index (χ2n) is 7.00. The number of aliphatic hydroxyl groups is 3. The number of thiocarbonyl (C=S) groups is 1. The second kappa shape index (κ2) is 13.9. The van der Waals surface area contributed by atoms with Crippen molar-refractivity contribution < 1.29 is 24.8 Å². The van der Waals surface area contributed by atoms with Gasteiger partial charge < -0.3 is 24.8 Å². The number of aliphatic hydroxyl groups excluding tert-OH is 3. The van der Waals surface area contributed by atoms with Crippen LogP contribution in [-0.4, -0.2) is 58.0 Å². The molecule has 3 N–H and O–H groups in total. The zero-order valence-electron chi connectivity index (χ0n) is 15.6. The Balaban J connectivity index is 2.08. The van der Waals surface area contributed by atoms with Crippen LogP contribution in [0, 0.1) is 0 Å². The third-order valence-electron chi connectivity index (χ3n) is 4.76. The molecule has 148 valence electrons. The SMILES string of the molecule is CCCCCCCCCCCCC(=S)O[C@@H]1[C@@H](O)[C@H](O)CO[C@H]1CO. The van der Waals surface area contributed by atoms with Crippen LogP contribution < -0.4 is 0 Å². The molecule has 0 unspecified atom stereocenters. The summed E-state index contributed by atoms with van der Waals surface area (Å²) in [5.41, 5.74) is 0. The van der Waals surface area contributed by atoms with Crippen molar-refractivity contribution in [2.24, 2.45) is 0 Å². The minimum atomic E-state index is -1.09. The van der Waals surface area contributed by atoms with Crippen molar-refractivity contribution in [3.63, 3.8) is 0 Å². The van der Waals surface area contributed by atoms with E-state index in [2.05, 4.69) is 6.92 Å². The third kappa shape index (κ3) is 9.29. The fourth-order valence-corrected chi connectivity index (χ4v) is 3.38. The van der Waals surface area contributed by atoms with E-state index < -0.39 is 24.4 Å². The zero-order valence-corrected chi connectivity index (χ0v) is 16.4. The van der Waals surface area contributed by atoms with Crippen LogP contribution in [0.5, 0.6) is 0 Å². The Morgan fingerprint density at radius 2 is 1.56 bits per heavy atom. The van der Waals surface area contributed by atoms with E-state index in [1.807, 2.05) is 0 Å². The zero-order chi connectivity index (χ0) is 18.5. The van der Waals surface area contributed by atoms with Gasteiger partial charge in [-0.15, -0.1) is 0 Å². The predicted molar refractivity (Wildman–Crippen MR) is 103 cm³/mol. The molecule has 0 aliphatic carbocycles. The van der Waals surface area contributed by atoms with Gasteiger partial charge in [0, 0.05) is 6.42 Å². The van der Waals surface area contributed by atoms with Crippen LogP contribution in [0.1, 0.15) is 77.6 Å². The lowest BCUT2D eigenvalue weighted by Crippen LogP contribution is -2.55. The molecule has 6 heteroatoms. The van der Waals surface area contributed by atoms with Gasteiger partial charge in [0.25, 0.3) is 0 Å². The van der Waals surface area contributed by atoms with E-state index in [4.69, 9.17) is 21.7 Å². The molecule has 0 aromatic carbocycles. The van der Waals surface area contributed by atoms with E-state index in [1.54, 1.807) is 0 Å². The van der Waals surface area contributed by atoms with Crippen molar-refractivity contribution in [1.82, 2.24) is 0 Å². The summed E-state index contributed by atoms with van der Waals surface area (Å²) < 4.78 is 10.9. The maximum absolute atomic E-state index is 10.0. The maximum atomic E-state index is 10.0. The Morgan fingerprint density at radius 1 is 1.00 bits per heavy atom. The Hall–Kier alpha value is -0.270. The van der Waals surface area contributed by atoms with Gasteiger partial charge in [0.1, 0.15) is 18.3 Å². The van der Waals surface area contributed by atoms with Crippen LogP contribution in [0.15, 0.2) is 0 Å². The Bertz CT molecular complexity index is 351. The number of unbranched alkanes of at least 4 members (excludes halogenated alkanes) is 9. The highest BCUT2D eigenvalue weighted by Crippen LogP contribution is 2.20. The summed E-state index contributed by atoms with van der Waals surface area (Å²) in [7, 11) is 0. The molecular weight excluding hydrogens is 340 g/mol. The van der Waals surface area contributed by atoms with Gasteiger partial charge in [0.05, 0.1) is 13.2 Å². The number of hydrogen-bond acceptors (Lipinski definition) is 6. The van der Waals surface area contributed by atoms with Crippen LogP contribution in [0.25, 0.3) is 0 Å². The first-order valence-electron chi connectivity index (χ1n) is 9.88. The van der Waals surface area contributed by atoms with E-state index in [-0.39, 0.29) is 13.2 Å². The normalized spacial score (nSPS) is 26.6. The maximum Gasteiger partial charge on any atom is 0.160 e. The van der Waals surface area contributed by atoms with Crippen LogP contribution in [0.2, 0.25) is 0 Å². The van der Waals surface area contributed by atoms with Crippen molar-refractivity contribution in [2.75, 3.05) is 13.2 Å². The number of ether oxygens (including phenoxy) is 2. The summed E-state index contributed by atoms with van der Waals surface area (Å²) in [6, 6.07) is 0. The van der Waals surface area contributed by atoms with E-state index in [0.717, 1.165) is 12.8 Å². The molecular formula is C19H36O5S. The molecule has 0 saturated carbocycles. The van der Waals surface area contributed by atoms with Gasteiger partial charge in [-0.2, -0.15) is 0 Å². The average molecular weight is 377 g/mol. The van der Waals surface area contributed by atoms with Gasteiger partial charge in [-0.05, 0) is 18.6 Å². The van der Waals surface area contributed by atoms with Crippen molar-refractivity contribution in [1.29, 1.82) is 0 Å². The van der Waals surface area contributed by atoms with Crippen molar-refractivity contribution in [2.45, 2.75) is 102 Å². The molecule has 1 aliphatic heterocycles. The molecule has 0 radical (unpaired) electrons. The molecule has 25 heavy (non-hydrogen) atoms. The smallest absolute Gasteiger partial charge is 0.160 e. The quantitative estimate of drug-likeness (QED) is 0.339. The molecule has 1 heterocycles. The van der Waals surface area contributed by atoms with Crippen LogP contribution in [0.4, 0.5) is 0 Å². The van der Waals surface area contributed by atoms with Gasteiger partial charge in [0.15, 0.2) is 11.2 Å². The summed E-state index contributed by atoms with van der Waals surface area (Å²) in [6.07, 6.45) is 9.70. The third-order valence-corrected chi connectivity index (χ3v) is 5.06. The standard InChI is InChI=1S/C19H36O5S/c1-2-3-4-5-6-7-8-9-10-11-12-17(25)24-19-16(13-20)23-14-15(21)18(19)22/h15-16,18-22H,2-14H2,1H3/t15-,16+,18+,19+/m1/s1. The van der Waals surface area contributed by atoms with E-state index >= 15 is 0 Å². The first-order valence-corrected chi connectivity index (χ1v) is 10.3. The summed E-state index contributed by atoms with van der Waals surface area (Å²) >= 11 is 5.24. The summed E-state index contributed by atoms with van der Waals surface area (Å²) in [6.45, 7) is 1.97. The summed E-state index contributed by atoms with van der Waals surface area (Å²) in [5, 5.41) is 29.4. The lowest BCUT2D eigenvalue weighted by molar-refractivity contribution is -0.190. The van der Waals surface area contributed by atoms with E-state index in [1.165, 1.54) is 51.4 Å². The molecule has 4 atom stereocenters. The second-order valence-corrected chi connectivity index (χ2v) is 7.45. The summed E-state index contributed by atoms with van der Waals surface area (Å²) in [5.74, 6) is 0. The minimum Gasteiger partial charge on any atom is -0.478 e. The molecule has 0 spiro atoms. The lowest BCUT2D eigenvalue weighted by atomic mass is 10.0. The van der Waals surface area contributed by atoms with Crippen molar-refractivity contribution in [3.05, 3.63) is 0 Å². The van der Waals surface area contributed by atoms with Crippen molar-refractivity contribution >= 4 is 17.3 Å². The Morgan fingerprint density at radius 3 is 2.12 bits per heavy atom. The molecule has 1 rings (SSSR count). The summed E-state index contributed by atoms with van der Waals surface area (Å²) in [4.78, 5) is 0. The molecule has 5 nitrogen and oxygen atoms in total. The van der Waals surface area contributed by atoms with Gasteiger partial charge in [-0.3, -0.25) is 0 Å². The highest BCUT2D eigenvalue weighted by Gasteiger charge is 2.40. The highest BCUT2D eigenvalue weighted by atomic mass is 32.1. The van der Waals surface area contributed by atoms with Crippen LogP contribution >= 0.6 is 12.2 Å². The molecule has 1 fully saturated rings. The fourth-order valence-electron chi connectivity index (χ4n) is 3.12. The molecule has 0 aromatic heterocycles. The first-order chi connectivity index (χ1) is 12.1. The van der Waals surface area contributed by atoms with Gasteiger partial charge in [-0.1, -0.05) is 64.7 Å². The van der Waals surface area contributed by atoms with Crippen LogP contribution in [-0.2, 0) is 9.47 Å². The van der Waals surface area contributed by atoms with E-state index in [0.29, 0.717) is 11.5 Å². The van der Waals surface area contributed by atoms with Crippen LogP contribution in [0.3, 0.4) is 0 Å². The minimum absolute atomic E-state index is 0.00252. The molecule has 0 aromatic rings. The predicted octanol–water partition coefficient (Wildman–Crippen LogP) is 3.12. The monoisotopic (exact) mass is 376 g/mol. The highest BCUT2D eigenvalue weighted by molar-refractivity contribution is 7.80. The topological polar surface area (TPSA) is 79.2 Å². The largest absolute Gasteiger partial charge is 0.478 e. The number of rotatable bonds is 13. The molecule has 1 aliphatic rings. The van der Waals surface area contributed by atoms with Gasteiger partial charge in [-0.25, -0.2) is 0 Å². The number of hydrogen-bond donors (Lipinski definition) is 3. The van der Waals surface area contributed by atoms with E-state index in [9.17, 15) is 15.3 Å². The Kier molecular flexibility index (Phi) is 12.6. The van der Waals surface area contributed by atoms with Gasteiger partial charge in [0.2, 0.25) is 0 Å². The lowest BCUT2D eigenvalue weighted by Gasteiger charge is -2.37. The average Bonchev–Trinajstić information content (AvgIpc) is 2.61.